The maximum atomic E-state index is 12.3. The van der Waals surface area contributed by atoms with E-state index in [4.69, 9.17) is 14.2 Å². The first kappa shape index (κ1) is 23.7. The number of nitrogens with one attached hydrogen (secondary N) is 1. The van der Waals surface area contributed by atoms with Gasteiger partial charge in [0.1, 0.15) is 6.08 Å². The molecule has 1 aliphatic rings. The topological polar surface area (TPSA) is 109 Å². The lowest BCUT2D eigenvalue weighted by atomic mass is 9.88. The summed E-state index contributed by atoms with van der Waals surface area (Å²) in [5.41, 5.74) is 0.365. The van der Waals surface area contributed by atoms with Crippen molar-refractivity contribution in [3.05, 3.63) is 24.3 Å². The second-order valence-corrected chi connectivity index (χ2v) is 6.44. The Kier molecular flexibility index (Phi) is 10.3. The lowest BCUT2D eigenvalue weighted by molar-refractivity contribution is -0.250. The lowest BCUT2D eigenvalue weighted by Gasteiger charge is -2.37. The van der Waals surface area contributed by atoms with Crippen LogP contribution in [0.2, 0.25) is 0 Å². The number of hydrogen-bond donors (Lipinski definition) is 1. The van der Waals surface area contributed by atoms with Gasteiger partial charge in [-0.3, -0.25) is 9.79 Å². The van der Waals surface area contributed by atoms with Crippen molar-refractivity contribution in [2.75, 3.05) is 13.2 Å². The largest absolute Gasteiger partial charge is 0.596 e. The molecule has 8 heteroatoms. The van der Waals surface area contributed by atoms with Crippen molar-refractivity contribution >= 4 is 18.0 Å². The number of carbonyl (C=O) groups excluding carboxylic acids is 2. The second kappa shape index (κ2) is 12.2. The molecule has 3 atom stereocenters. The molecule has 0 aromatic rings. The van der Waals surface area contributed by atoms with E-state index in [1.165, 1.54) is 13.0 Å². The first-order chi connectivity index (χ1) is 13.4. The van der Waals surface area contributed by atoms with Crippen LogP contribution in [-0.2, 0) is 23.8 Å². The van der Waals surface area contributed by atoms with Crippen LogP contribution in [0.5, 0.6) is 0 Å². The number of rotatable bonds is 10. The highest BCUT2D eigenvalue weighted by atomic mass is 16.6. The Balaban J connectivity index is 3.25. The predicted molar refractivity (Wildman–Crippen MR) is 104 cm³/mol. The number of esters is 1. The third kappa shape index (κ3) is 7.34. The molecule has 0 unspecified atom stereocenters. The monoisotopic (exact) mass is 395 g/mol. The average Bonchev–Trinajstić information content (AvgIpc) is 2.66. The third-order valence-corrected chi connectivity index (χ3v) is 4.33. The molecule has 0 spiro atoms. The van der Waals surface area contributed by atoms with Crippen LogP contribution in [0.3, 0.4) is 0 Å². The summed E-state index contributed by atoms with van der Waals surface area (Å²) in [4.78, 5) is 28.1. The predicted octanol–water partition coefficient (Wildman–Crippen LogP) is 1.25. The van der Waals surface area contributed by atoms with Gasteiger partial charge in [0.2, 0.25) is 5.91 Å². The first-order valence-electron chi connectivity index (χ1n) is 9.64. The minimum atomic E-state index is -0.786. The zero-order chi connectivity index (χ0) is 21.1. The number of aliphatic imine (C=N–C) groups is 1. The Labute approximate surface area is 166 Å². The van der Waals surface area contributed by atoms with Gasteiger partial charge in [-0.1, -0.05) is 19.9 Å². The quantitative estimate of drug-likeness (QED) is 0.258. The smallest absolute Gasteiger partial charge is 0.333 e. The van der Waals surface area contributed by atoms with Crippen molar-refractivity contribution in [1.82, 2.24) is 5.32 Å². The molecule has 1 amide bonds. The van der Waals surface area contributed by atoms with E-state index in [2.05, 4.69) is 16.9 Å². The standard InChI is InChI=1S/C20H32N2O6/c1-6-10-27-20(25)22-16-11-14(19(24)26-9-4)12-17(18(16)21-13(5)23)28-15(7-2)8-3/h6,12,15-18H,1,7-11H2,2-5H3,(H,21,23)(H,22,25)/p-1/t16-,17+,18+/m1/s1. The van der Waals surface area contributed by atoms with E-state index < -0.39 is 30.2 Å². The summed E-state index contributed by atoms with van der Waals surface area (Å²) in [6.45, 7) is 10.8. The Hall–Kier alpha value is -2.35. The highest BCUT2D eigenvalue weighted by Crippen LogP contribution is 2.27. The van der Waals surface area contributed by atoms with E-state index in [0.717, 1.165) is 12.8 Å². The molecule has 0 radical (unpaired) electrons. The van der Waals surface area contributed by atoms with Crippen LogP contribution in [0, 0.1) is 0 Å². The Morgan fingerprint density at radius 3 is 2.57 bits per heavy atom. The van der Waals surface area contributed by atoms with E-state index in [9.17, 15) is 14.7 Å². The van der Waals surface area contributed by atoms with Gasteiger partial charge in [-0.15, -0.1) is 6.58 Å². The second-order valence-electron chi connectivity index (χ2n) is 6.44. The minimum Gasteiger partial charge on any atom is -0.596 e. The van der Waals surface area contributed by atoms with E-state index in [0.29, 0.717) is 5.57 Å². The summed E-state index contributed by atoms with van der Waals surface area (Å²) in [6.07, 6.45) is 3.30. The summed E-state index contributed by atoms with van der Waals surface area (Å²) < 4.78 is 16.2. The molecule has 1 N–H and O–H groups in total. The summed E-state index contributed by atoms with van der Waals surface area (Å²) in [5.74, 6) is -0.766. The van der Waals surface area contributed by atoms with Crippen LogP contribution in [0.4, 0.5) is 0 Å². The van der Waals surface area contributed by atoms with Crippen LogP contribution in [0.25, 0.3) is 0 Å². The third-order valence-electron chi connectivity index (χ3n) is 4.33. The van der Waals surface area contributed by atoms with Crippen LogP contribution >= 0.6 is 0 Å². The fourth-order valence-corrected chi connectivity index (χ4v) is 2.99. The molecule has 0 aliphatic heterocycles. The highest BCUT2D eigenvalue weighted by molar-refractivity contribution is 5.89. The van der Waals surface area contributed by atoms with Crippen molar-refractivity contribution in [2.45, 2.75) is 71.2 Å². The number of nitrogens with zero attached hydrogens (tertiary/aromatic N) is 1. The van der Waals surface area contributed by atoms with Gasteiger partial charge in [0.15, 0.2) is 0 Å². The number of hydrogen-bond acceptors (Lipinski definition) is 7. The Bertz CT molecular complexity index is 598. The van der Waals surface area contributed by atoms with Gasteiger partial charge in [0.25, 0.3) is 0 Å². The Morgan fingerprint density at radius 1 is 1.36 bits per heavy atom. The zero-order valence-electron chi connectivity index (χ0n) is 17.1. The molecular formula is C20H31N2O6-. The van der Waals surface area contributed by atoms with E-state index in [1.54, 1.807) is 13.0 Å². The molecule has 0 heterocycles. The zero-order valence-corrected chi connectivity index (χ0v) is 17.1. The van der Waals surface area contributed by atoms with E-state index >= 15 is 0 Å². The van der Waals surface area contributed by atoms with Crippen LogP contribution in [0.15, 0.2) is 29.3 Å². The highest BCUT2D eigenvalue weighted by Gasteiger charge is 2.37. The molecule has 0 aromatic heterocycles. The SMILES string of the molecule is C=CCOC([O-])=N[C@@H]1CC(C(=O)OCC)=C[C@H](OC(CC)CC)[C@H]1NC(C)=O. The van der Waals surface area contributed by atoms with Crippen molar-refractivity contribution in [3.63, 3.8) is 0 Å². The average molecular weight is 395 g/mol. The number of ether oxygens (including phenoxy) is 3. The fourth-order valence-electron chi connectivity index (χ4n) is 2.99. The molecule has 8 nitrogen and oxygen atoms in total. The summed E-state index contributed by atoms with van der Waals surface area (Å²) >= 11 is 0. The molecular weight excluding hydrogens is 364 g/mol. The van der Waals surface area contributed by atoms with Crippen molar-refractivity contribution in [3.8, 4) is 0 Å². The first-order valence-corrected chi connectivity index (χ1v) is 9.64. The van der Waals surface area contributed by atoms with Crippen LogP contribution in [0.1, 0.15) is 47.0 Å². The summed E-state index contributed by atoms with van der Waals surface area (Å²) in [5, 5.41) is 14.8. The molecule has 0 saturated heterocycles. The number of carbonyl (C=O) groups is 2. The molecule has 158 valence electrons. The van der Waals surface area contributed by atoms with Crippen molar-refractivity contribution in [1.29, 1.82) is 0 Å². The van der Waals surface area contributed by atoms with Gasteiger partial charge >= 0.3 is 5.97 Å². The van der Waals surface area contributed by atoms with Gasteiger partial charge < -0.3 is 24.6 Å². The molecule has 0 saturated carbocycles. The number of amides is 1. The maximum Gasteiger partial charge on any atom is 0.333 e. The summed E-state index contributed by atoms with van der Waals surface area (Å²) in [6, 6.07) is -1.32. The Morgan fingerprint density at radius 2 is 2.04 bits per heavy atom. The normalized spacial score (nSPS) is 22.4. The molecule has 28 heavy (non-hydrogen) atoms. The summed E-state index contributed by atoms with van der Waals surface area (Å²) in [7, 11) is 0. The van der Waals surface area contributed by atoms with Gasteiger partial charge in [-0.05, 0) is 25.8 Å². The molecule has 0 aromatic carbocycles. The van der Waals surface area contributed by atoms with Crippen molar-refractivity contribution < 1.29 is 28.9 Å². The van der Waals surface area contributed by atoms with E-state index in [-0.39, 0.29) is 31.6 Å². The fraction of sp³-hybridized carbons (Fsp3) is 0.650. The van der Waals surface area contributed by atoms with Gasteiger partial charge in [-0.2, -0.15) is 0 Å². The maximum absolute atomic E-state index is 12.3. The van der Waals surface area contributed by atoms with Gasteiger partial charge in [-0.25, -0.2) is 4.79 Å². The van der Waals surface area contributed by atoms with Crippen molar-refractivity contribution in [2.24, 2.45) is 4.99 Å². The molecule has 1 rings (SSSR count). The van der Waals surface area contributed by atoms with Gasteiger partial charge in [0, 0.05) is 25.5 Å². The minimum absolute atomic E-state index is 0.0219. The molecule has 1 aliphatic carbocycles. The molecule has 0 bridgehead atoms. The van der Waals surface area contributed by atoms with Crippen LogP contribution < -0.4 is 10.4 Å². The van der Waals surface area contributed by atoms with E-state index in [1.807, 2.05) is 13.8 Å². The van der Waals surface area contributed by atoms with Gasteiger partial charge in [0.05, 0.1) is 30.9 Å². The van der Waals surface area contributed by atoms with Crippen LogP contribution in [-0.4, -0.2) is 55.5 Å². The molecule has 0 fully saturated rings. The lowest BCUT2D eigenvalue weighted by Crippen LogP contribution is -2.54.